The molecule has 146 valence electrons. The molecule has 0 unspecified atom stereocenters. The van der Waals surface area contributed by atoms with Crippen molar-refractivity contribution in [2.75, 3.05) is 19.5 Å². The number of carbonyl (C=O) groups is 1. The number of anilines is 1. The maximum Gasteiger partial charge on any atom is 0.263 e. The van der Waals surface area contributed by atoms with E-state index in [1.165, 1.54) is 14.2 Å². The first-order valence-corrected chi connectivity index (χ1v) is 9.91. The van der Waals surface area contributed by atoms with Gasteiger partial charge in [0.1, 0.15) is 22.1 Å². The summed E-state index contributed by atoms with van der Waals surface area (Å²) < 4.78 is 11.8. The number of hydrogen-bond acceptors (Lipinski definition) is 5. The molecule has 0 radical (unpaired) electrons. The van der Waals surface area contributed by atoms with E-state index in [0.29, 0.717) is 17.1 Å². The molecule has 0 aliphatic rings. The van der Waals surface area contributed by atoms with Crippen LogP contribution in [-0.4, -0.2) is 25.1 Å². The quantitative estimate of drug-likeness (QED) is 0.474. The Labute approximate surface area is 172 Å². The van der Waals surface area contributed by atoms with Crippen molar-refractivity contribution < 1.29 is 14.3 Å². The lowest BCUT2D eigenvalue weighted by Crippen LogP contribution is -2.15. The Bertz CT molecular complexity index is 1140. The molecule has 1 aromatic heterocycles. The Hall–Kier alpha value is -3.38. The maximum atomic E-state index is 13.0. The van der Waals surface area contributed by atoms with Crippen molar-refractivity contribution >= 4 is 33.1 Å². The summed E-state index contributed by atoms with van der Waals surface area (Å²) in [6, 6.07) is 19.3. The lowest BCUT2D eigenvalue weighted by atomic mass is 10.1. The molecule has 4 aromatic rings. The molecule has 0 aliphatic heterocycles. The van der Waals surface area contributed by atoms with Gasteiger partial charge in [-0.2, -0.15) is 0 Å². The number of benzene rings is 3. The predicted octanol–water partition coefficient (Wildman–Crippen LogP) is 5.54. The summed E-state index contributed by atoms with van der Waals surface area (Å²) in [6.45, 7) is 1.96. The zero-order valence-corrected chi connectivity index (χ0v) is 17.2. The molecule has 0 spiro atoms. The molecule has 4 rings (SSSR count). The highest BCUT2D eigenvalue weighted by molar-refractivity contribution is 7.21. The second kappa shape index (κ2) is 7.93. The van der Waals surface area contributed by atoms with Gasteiger partial charge in [0.2, 0.25) is 0 Å². The Morgan fingerprint density at radius 2 is 1.69 bits per heavy atom. The molecule has 5 nitrogen and oxygen atoms in total. The van der Waals surface area contributed by atoms with Crippen LogP contribution in [0.5, 0.6) is 11.5 Å². The number of aromatic nitrogens is 1. The average Bonchev–Trinajstić information content (AvgIpc) is 3.18. The normalized spacial score (nSPS) is 10.7. The molecular formula is C23H20N2O3S. The van der Waals surface area contributed by atoms with Crippen LogP contribution in [0.15, 0.2) is 60.7 Å². The molecule has 3 aromatic carbocycles. The topological polar surface area (TPSA) is 60.5 Å². The van der Waals surface area contributed by atoms with Crippen LogP contribution in [0.2, 0.25) is 0 Å². The van der Waals surface area contributed by atoms with Crippen LogP contribution in [0.4, 0.5) is 5.69 Å². The fourth-order valence-electron chi connectivity index (χ4n) is 3.15. The van der Waals surface area contributed by atoms with E-state index >= 15 is 0 Å². The Morgan fingerprint density at radius 3 is 2.38 bits per heavy atom. The number of methoxy groups -OCH3 is 2. The Balaban J connectivity index is 1.69. The number of ether oxygens (including phenoxy) is 2. The summed E-state index contributed by atoms with van der Waals surface area (Å²) in [6.07, 6.45) is 0. The van der Waals surface area contributed by atoms with Crippen molar-refractivity contribution in [3.05, 3.63) is 71.8 Å². The third-order valence-electron chi connectivity index (χ3n) is 4.68. The van der Waals surface area contributed by atoms with E-state index in [1.807, 2.05) is 43.3 Å². The van der Waals surface area contributed by atoms with Gasteiger partial charge in [-0.25, -0.2) is 4.98 Å². The molecule has 0 aliphatic carbocycles. The van der Waals surface area contributed by atoms with Crippen LogP contribution >= 0.6 is 11.3 Å². The fraction of sp³-hybridized carbons (Fsp3) is 0.130. The molecule has 1 heterocycles. The Morgan fingerprint density at radius 1 is 0.966 bits per heavy atom. The molecule has 0 bridgehead atoms. The molecule has 1 amide bonds. The van der Waals surface area contributed by atoms with Gasteiger partial charge in [-0.3, -0.25) is 4.79 Å². The molecule has 0 saturated carbocycles. The van der Waals surface area contributed by atoms with Gasteiger partial charge in [0.05, 0.1) is 24.4 Å². The molecule has 29 heavy (non-hydrogen) atoms. The van der Waals surface area contributed by atoms with Crippen molar-refractivity contribution in [2.24, 2.45) is 0 Å². The first kappa shape index (κ1) is 19.0. The monoisotopic (exact) mass is 404 g/mol. The predicted molar refractivity (Wildman–Crippen MR) is 117 cm³/mol. The van der Waals surface area contributed by atoms with Crippen molar-refractivity contribution in [1.82, 2.24) is 4.98 Å². The van der Waals surface area contributed by atoms with Crippen LogP contribution in [0.25, 0.3) is 20.8 Å². The molecular weight excluding hydrogens is 384 g/mol. The summed E-state index contributed by atoms with van der Waals surface area (Å²) in [4.78, 5) is 17.7. The summed E-state index contributed by atoms with van der Waals surface area (Å²) in [5, 5.41) is 3.91. The highest BCUT2D eigenvalue weighted by Gasteiger charge is 2.19. The first-order chi connectivity index (χ1) is 14.1. The number of aryl methyl sites for hydroxylation is 1. The minimum atomic E-state index is -0.288. The number of rotatable bonds is 5. The Kier molecular flexibility index (Phi) is 5.18. The molecule has 1 N–H and O–H groups in total. The lowest BCUT2D eigenvalue weighted by Gasteiger charge is -2.14. The van der Waals surface area contributed by atoms with E-state index in [-0.39, 0.29) is 5.91 Å². The largest absolute Gasteiger partial charge is 0.496 e. The van der Waals surface area contributed by atoms with Crippen LogP contribution in [0, 0.1) is 6.92 Å². The lowest BCUT2D eigenvalue weighted by molar-refractivity contribution is 0.102. The van der Waals surface area contributed by atoms with Crippen LogP contribution in [0.1, 0.15) is 15.9 Å². The zero-order valence-electron chi connectivity index (χ0n) is 16.4. The summed E-state index contributed by atoms with van der Waals surface area (Å²) in [7, 11) is 3.06. The molecule has 6 heteroatoms. The van der Waals surface area contributed by atoms with Gasteiger partial charge < -0.3 is 14.8 Å². The SMILES string of the molecule is COc1cccc(OC)c1C(=O)Nc1cc(-c2nc3ccccc3s2)ccc1C. The third kappa shape index (κ3) is 3.67. The third-order valence-corrected chi connectivity index (χ3v) is 5.77. The number of carbonyl (C=O) groups excluding carboxylic acids is 1. The van der Waals surface area contributed by atoms with Crippen molar-refractivity contribution in [2.45, 2.75) is 6.92 Å². The van der Waals surface area contributed by atoms with E-state index < -0.39 is 0 Å². The van der Waals surface area contributed by atoms with E-state index in [9.17, 15) is 4.79 Å². The average molecular weight is 404 g/mol. The van der Waals surface area contributed by atoms with E-state index in [4.69, 9.17) is 14.5 Å². The van der Waals surface area contributed by atoms with Crippen LogP contribution in [0.3, 0.4) is 0 Å². The van der Waals surface area contributed by atoms with Crippen LogP contribution in [-0.2, 0) is 0 Å². The number of nitrogens with one attached hydrogen (secondary N) is 1. The van der Waals surface area contributed by atoms with Gasteiger partial charge in [0, 0.05) is 11.3 Å². The van der Waals surface area contributed by atoms with Crippen molar-refractivity contribution in [3.63, 3.8) is 0 Å². The summed E-state index contributed by atoms with van der Waals surface area (Å²) in [5.74, 6) is 0.632. The standard InChI is InChI=1S/C23H20N2O3S/c1-14-11-12-15(23-25-16-7-4-5-10-20(16)29-23)13-17(14)24-22(26)21-18(27-2)8-6-9-19(21)28-3/h4-13H,1-3H3,(H,24,26). The zero-order chi connectivity index (χ0) is 20.4. The second-order valence-corrected chi connectivity index (χ2v) is 7.54. The van der Waals surface area contributed by atoms with Crippen molar-refractivity contribution in [1.29, 1.82) is 0 Å². The number of fused-ring (bicyclic) bond motifs is 1. The number of hydrogen-bond donors (Lipinski definition) is 1. The van der Waals surface area contributed by atoms with E-state index in [2.05, 4.69) is 11.4 Å². The van der Waals surface area contributed by atoms with Gasteiger partial charge in [-0.1, -0.05) is 30.3 Å². The smallest absolute Gasteiger partial charge is 0.263 e. The molecule has 0 fully saturated rings. The van der Waals surface area contributed by atoms with Gasteiger partial charge in [0.25, 0.3) is 5.91 Å². The van der Waals surface area contributed by atoms with Crippen LogP contribution < -0.4 is 14.8 Å². The van der Waals surface area contributed by atoms with E-state index in [0.717, 1.165) is 32.0 Å². The van der Waals surface area contributed by atoms with Gasteiger partial charge in [-0.15, -0.1) is 11.3 Å². The number of thiazole rings is 1. The molecule has 0 saturated heterocycles. The maximum absolute atomic E-state index is 13.0. The summed E-state index contributed by atoms with van der Waals surface area (Å²) in [5.41, 5.74) is 3.97. The highest BCUT2D eigenvalue weighted by Crippen LogP contribution is 2.33. The fourth-order valence-corrected chi connectivity index (χ4v) is 4.11. The second-order valence-electron chi connectivity index (χ2n) is 6.51. The number of nitrogens with zero attached hydrogens (tertiary/aromatic N) is 1. The number of amides is 1. The molecule has 0 atom stereocenters. The minimum absolute atomic E-state index is 0.288. The van der Waals surface area contributed by atoms with E-state index in [1.54, 1.807) is 29.5 Å². The summed E-state index contributed by atoms with van der Waals surface area (Å²) >= 11 is 1.63. The highest BCUT2D eigenvalue weighted by atomic mass is 32.1. The number of para-hydroxylation sites is 1. The van der Waals surface area contributed by atoms with Gasteiger partial charge in [-0.05, 0) is 42.8 Å². The first-order valence-electron chi connectivity index (χ1n) is 9.09. The van der Waals surface area contributed by atoms with Crippen molar-refractivity contribution in [3.8, 4) is 22.1 Å². The minimum Gasteiger partial charge on any atom is -0.496 e. The van der Waals surface area contributed by atoms with Gasteiger partial charge >= 0.3 is 0 Å². The van der Waals surface area contributed by atoms with Gasteiger partial charge in [0.15, 0.2) is 0 Å².